The van der Waals surface area contributed by atoms with Crippen molar-refractivity contribution in [1.29, 1.82) is 0 Å². The van der Waals surface area contributed by atoms with Crippen LogP contribution in [0.25, 0.3) is 0 Å². The van der Waals surface area contributed by atoms with Crippen LogP contribution in [0.4, 0.5) is 0 Å². The Hall–Kier alpha value is -0.170. The van der Waals surface area contributed by atoms with Gasteiger partial charge in [0.15, 0.2) is 0 Å². The van der Waals surface area contributed by atoms with E-state index in [1.54, 1.807) is 0 Å². The average Bonchev–Trinajstić information content (AvgIpc) is 2.41. The van der Waals surface area contributed by atoms with Gasteiger partial charge in [-0.25, -0.2) is 4.72 Å². The minimum atomic E-state index is -3.40. The SMILES string of the molecule is CCC(CC)(CO)CNS(=O)(=O)N1CCC(C)CC1. The van der Waals surface area contributed by atoms with Crippen molar-refractivity contribution >= 4 is 10.2 Å². The smallest absolute Gasteiger partial charge is 0.279 e. The van der Waals surface area contributed by atoms with E-state index in [0.717, 1.165) is 25.7 Å². The van der Waals surface area contributed by atoms with E-state index in [-0.39, 0.29) is 12.0 Å². The Labute approximate surface area is 117 Å². The monoisotopic (exact) mass is 292 g/mol. The van der Waals surface area contributed by atoms with Crippen molar-refractivity contribution in [2.75, 3.05) is 26.2 Å². The summed E-state index contributed by atoms with van der Waals surface area (Å²) < 4.78 is 28.6. The lowest BCUT2D eigenvalue weighted by molar-refractivity contribution is 0.118. The van der Waals surface area contributed by atoms with Crippen LogP contribution in [-0.4, -0.2) is 44.1 Å². The lowest BCUT2D eigenvalue weighted by Gasteiger charge is -2.33. The molecule has 2 N–H and O–H groups in total. The van der Waals surface area contributed by atoms with E-state index in [4.69, 9.17) is 0 Å². The zero-order valence-electron chi connectivity index (χ0n) is 12.4. The maximum atomic E-state index is 12.2. The Morgan fingerprint density at radius 2 is 1.79 bits per heavy atom. The van der Waals surface area contributed by atoms with E-state index in [9.17, 15) is 13.5 Å². The highest BCUT2D eigenvalue weighted by atomic mass is 32.2. The lowest BCUT2D eigenvalue weighted by Crippen LogP contribution is -2.48. The maximum absolute atomic E-state index is 12.2. The fraction of sp³-hybridized carbons (Fsp3) is 1.00. The third kappa shape index (κ3) is 4.41. The van der Waals surface area contributed by atoms with Crippen molar-refractivity contribution in [3.8, 4) is 0 Å². The molecule has 0 atom stereocenters. The van der Waals surface area contributed by atoms with Crippen molar-refractivity contribution in [2.24, 2.45) is 11.3 Å². The van der Waals surface area contributed by atoms with Crippen LogP contribution in [-0.2, 0) is 10.2 Å². The number of rotatable bonds is 7. The summed E-state index contributed by atoms with van der Waals surface area (Å²) in [7, 11) is -3.40. The van der Waals surface area contributed by atoms with Crippen molar-refractivity contribution in [1.82, 2.24) is 9.03 Å². The molecule has 114 valence electrons. The molecule has 6 heteroatoms. The summed E-state index contributed by atoms with van der Waals surface area (Å²) in [6.07, 6.45) is 3.38. The van der Waals surface area contributed by atoms with Crippen molar-refractivity contribution in [3.05, 3.63) is 0 Å². The fourth-order valence-electron chi connectivity index (χ4n) is 2.34. The minimum Gasteiger partial charge on any atom is -0.396 e. The summed E-state index contributed by atoms with van der Waals surface area (Å²) >= 11 is 0. The summed E-state index contributed by atoms with van der Waals surface area (Å²) in [4.78, 5) is 0. The molecule has 0 unspecified atom stereocenters. The van der Waals surface area contributed by atoms with Crippen molar-refractivity contribution in [2.45, 2.75) is 46.5 Å². The number of aliphatic hydroxyl groups is 1. The molecule has 1 aliphatic rings. The standard InChI is InChI=1S/C13H28N2O3S/c1-4-13(5-2,11-16)10-14-19(17,18)15-8-6-12(3)7-9-15/h12,14,16H,4-11H2,1-3H3. The molecule has 0 aliphatic carbocycles. The quantitative estimate of drug-likeness (QED) is 0.744. The molecule has 0 aromatic heterocycles. The van der Waals surface area contributed by atoms with Crippen LogP contribution in [0.5, 0.6) is 0 Å². The van der Waals surface area contributed by atoms with Gasteiger partial charge >= 0.3 is 0 Å². The first kappa shape index (κ1) is 16.9. The van der Waals surface area contributed by atoms with E-state index >= 15 is 0 Å². The zero-order valence-corrected chi connectivity index (χ0v) is 13.2. The number of hydrogen-bond acceptors (Lipinski definition) is 3. The molecule has 5 nitrogen and oxygen atoms in total. The van der Waals surface area contributed by atoms with Gasteiger partial charge in [0.2, 0.25) is 0 Å². The number of piperidine rings is 1. The molecule has 1 aliphatic heterocycles. The second kappa shape index (κ2) is 7.02. The minimum absolute atomic E-state index is 0.0134. The van der Waals surface area contributed by atoms with Crippen LogP contribution in [0.15, 0.2) is 0 Å². The van der Waals surface area contributed by atoms with Crippen molar-refractivity contribution < 1.29 is 13.5 Å². The summed E-state index contributed by atoms with van der Waals surface area (Å²) in [5.74, 6) is 0.606. The molecule has 0 amide bonds. The van der Waals surface area contributed by atoms with Gasteiger partial charge in [0.1, 0.15) is 0 Å². The van der Waals surface area contributed by atoms with E-state index in [1.165, 1.54) is 4.31 Å². The zero-order chi connectivity index (χ0) is 14.5. The second-order valence-corrected chi connectivity index (χ2v) is 7.53. The molecule has 0 spiro atoms. The van der Waals surface area contributed by atoms with Crippen LogP contribution in [0, 0.1) is 11.3 Å². The summed E-state index contributed by atoms with van der Waals surface area (Å²) in [6, 6.07) is 0. The highest BCUT2D eigenvalue weighted by Crippen LogP contribution is 2.25. The van der Waals surface area contributed by atoms with Gasteiger partial charge in [0.25, 0.3) is 10.2 Å². The summed E-state index contributed by atoms with van der Waals surface area (Å²) in [6.45, 7) is 7.64. The normalized spacial score (nSPS) is 19.8. The van der Waals surface area contributed by atoms with E-state index in [0.29, 0.717) is 25.6 Å². The third-order valence-electron chi connectivity index (χ3n) is 4.55. The Balaban J connectivity index is 2.60. The van der Waals surface area contributed by atoms with E-state index in [2.05, 4.69) is 11.6 Å². The van der Waals surface area contributed by atoms with Gasteiger partial charge in [-0.1, -0.05) is 20.8 Å². The summed E-state index contributed by atoms with van der Waals surface area (Å²) in [5.41, 5.74) is -0.337. The highest BCUT2D eigenvalue weighted by molar-refractivity contribution is 7.87. The third-order valence-corrected chi connectivity index (χ3v) is 6.10. The molecular formula is C13H28N2O3S. The highest BCUT2D eigenvalue weighted by Gasteiger charge is 2.31. The molecule has 1 heterocycles. The topological polar surface area (TPSA) is 69.6 Å². The maximum Gasteiger partial charge on any atom is 0.279 e. The molecule has 0 radical (unpaired) electrons. The Bertz CT molecular complexity index is 350. The average molecular weight is 292 g/mol. The van der Waals surface area contributed by atoms with Gasteiger partial charge in [-0.2, -0.15) is 12.7 Å². The Kier molecular flexibility index (Phi) is 6.23. The first-order valence-electron chi connectivity index (χ1n) is 7.24. The molecule has 1 saturated heterocycles. The number of nitrogens with one attached hydrogen (secondary N) is 1. The predicted molar refractivity (Wildman–Crippen MR) is 77.0 cm³/mol. The van der Waals surface area contributed by atoms with Gasteiger partial charge in [-0.05, 0) is 31.6 Å². The molecule has 0 saturated carbocycles. The first-order valence-corrected chi connectivity index (χ1v) is 8.68. The van der Waals surface area contributed by atoms with Crippen LogP contribution < -0.4 is 4.72 Å². The molecule has 0 aromatic rings. The summed E-state index contributed by atoms with van der Waals surface area (Å²) in [5, 5.41) is 9.47. The van der Waals surface area contributed by atoms with Gasteiger partial charge in [-0.3, -0.25) is 0 Å². The second-order valence-electron chi connectivity index (χ2n) is 5.77. The van der Waals surface area contributed by atoms with Crippen LogP contribution in [0.2, 0.25) is 0 Å². The van der Waals surface area contributed by atoms with Crippen molar-refractivity contribution in [3.63, 3.8) is 0 Å². The molecule has 19 heavy (non-hydrogen) atoms. The van der Waals surface area contributed by atoms with E-state index < -0.39 is 10.2 Å². The number of nitrogens with zero attached hydrogens (tertiary/aromatic N) is 1. The molecule has 0 bridgehead atoms. The molecule has 0 aromatic carbocycles. The number of hydrogen-bond donors (Lipinski definition) is 2. The Morgan fingerprint density at radius 3 is 2.21 bits per heavy atom. The lowest BCUT2D eigenvalue weighted by atomic mass is 9.84. The molecular weight excluding hydrogens is 264 g/mol. The van der Waals surface area contributed by atoms with Crippen LogP contribution >= 0.6 is 0 Å². The fourth-order valence-corrected chi connectivity index (χ4v) is 3.70. The predicted octanol–water partition coefficient (Wildman–Crippen LogP) is 1.35. The van der Waals surface area contributed by atoms with Crippen LogP contribution in [0.3, 0.4) is 0 Å². The van der Waals surface area contributed by atoms with E-state index in [1.807, 2.05) is 13.8 Å². The number of aliphatic hydroxyl groups excluding tert-OH is 1. The molecule has 1 rings (SSSR count). The van der Waals surface area contributed by atoms with Gasteiger partial charge < -0.3 is 5.11 Å². The first-order chi connectivity index (χ1) is 8.89. The van der Waals surface area contributed by atoms with Gasteiger partial charge in [0, 0.05) is 31.7 Å². The van der Waals surface area contributed by atoms with Gasteiger partial charge in [0.05, 0.1) is 0 Å². The molecule has 1 fully saturated rings. The Morgan fingerprint density at radius 1 is 1.26 bits per heavy atom. The van der Waals surface area contributed by atoms with Crippen LogP contribution in [0.1, 0.15) is 46.5 Å². The largest absolute Gasteiger partial charge is 0.396 e. The van der Waals surface area contributed by atoms with Gasteiger partial charge in [-0.15, -0.1) is 0 Å².